The van der Waals surface area contributed by atoms with Crippen molar-refractivity contribution in [1.29, 1.82) is 0 Å². The average Bonchev–Trinajstić information content (AvgIpc) is 3.48. The number of carbonyl (C=O) groups is 1. The quantitative estimate of drug-likeness (QED) is 0.161. The zero-order chi connectivity index (χ0) is 25.8. The van der Waals surface area contributed by atoms with Crippen molar-refractivity contribution in [3.63, 3.8) is 0 Å². The minimum Gasteiger partial charge on any atom is -0.455 e. The summed E-state index contributed by atoms with van der Waals surface area (Å²) in [4.78, 5) is 30.3. The van der Waals surface area contributed by atoms with Crippen LogP contribution in [0.2, 0.25) is 0 Å². The zero-order valence-corrected chi connectivity index (χ0v) is 21.3. The van der Waals surface area contributed by atoms with Gasteiger partial charge in [0.25, 0.3) is 11.6 Å². The molecule has 1 aliphatic rings. The number of nitro groups is 1. The Morgan fingerprint density at radius 2 is 1.84 bits per heavy atom. The van der Waals surface area contributed by atoms with Crippen LogP contribution in [0, 0.1) is 17.0 Å². The SMILES string of the molecule is Cc1ccc(-c2ccc(C=Nc3sc4c(c3C(=O)Nc3ccccc3)CCCCCC4)o2)cc1[N+](=O)[O-]. The fourth-order valence-corrected chi connectivity index (χ4v) is 5.83. The van der Waals surface area contributed by atoms with Crippen LogP contribution in [0.15, 0.2) is 70.1 Å². The number of amides is 1. The highest BCUT2D eigenvalue weighted by Crippen LogP contribution is 2.39. The highest BCUT2D eigenvalue weighted by atomic mass is 32.1. The lowest BCUT2D eigenvalue weighted by Gasteiger charge is -2.11. The smallest absolute Gasteiger partial charge is 0.273 e. The number of rotatable bonds is 6. The first-order chi connectivity index (χ1) is 18.0. The molecule has 4 aromatic rings. The fraction of sp³-hybridized carbons (Fsp3) is 0.241. The van der Waals surface area contributed by atoms with Crippen LogP contribution in [0.3, 0.4) is 0 Å². The van der Waals surface area contributed by atoms with E-state index in [1.54, 1.807) is 48.7 Å². The molecule has 188 valence electrons. The standard InChI is InChI=1S/C29H27N3O4S/c1-19-13-14-20(17-24(19)32(34)35)25-16-15-22(36-25)18-30-29-27(28(33)31-21-9-5-4-6-10-21)23-11-7-2-3-8-12-26(23)37-29/h4-6,9-10,13-18H,2-3,7-8,11-12H2,1H3,(H,31,33). The minimum absolute atomic E-state index is 0.0502. The summed E-state index contributed by atoms with van der Waals surface area (Å²) in [5, 5.41) is 15.0. The number of aryl methyl sites for hydroxylation is 2. The van der Waals surface area contributed by atoms with E-state index in [4.69, 9.17) is 9.41 Å². The molecule has 0 atom stereocenters. The summed E-state index contributed by atoms with van der Waals surface area (Å²) in [6.45, 7) is 1.71. The predicted molar refractivity (Wildman–Crippen MR) is 147 cm³/mol. The number of para-hydroxylation sites is 1. The lowest BCUT2D eigenvalue weighted by atomic mass is 9.96. The maximum atomic E-state index is 13.4. The van der Waals surface area contributed by atoms with E-state index in [1.165, 1.54) is 23.8 Å². The molecule has 0 saturated carbocycles. The van der Waals surface area contributed by atoms with E-state index in [0.717, 1.165) is 36.9 Å². The third kappa shape index (κ3) is 5.54. The molecule has 0 radical (unpaired) electrons. The van der Waals surface area contributed by atoms with E-state index in [-0.39, 0.29) is 11.6 Å². The molecular formula is C29H27N3O4S. The van der Waals surface area contributed by atoms with Gasteiger partial charge in [0.2, 0.25) is 0 Å². The van der Waals surface area contributed by atoms with E-state index in [9.17, 15) is 14.9 Å². The Morgan fingerprint density at radius 3 is 2.62 bits per heavy atom. The van der Waals surface area contributed by atoms with E-state index in [2.05, 4.69) is 5.32 Å². The number of nitrogens with zero attached hydrogens (tertiary/aromatic N) is 2. The number of furan rings is 1. The summed E-state index contributed by atoms with van der Waals surface area (Å²) in [6.07, 6.45) is 7.98. The summed E-state index contributed by atoms with van der Waals surface area (Å²) in [7, 11) is 0. The summed E-state index contributed by atoms with van der Waals surface area (Å²) in [5.74, 6) is 0.877. The Morgan fingerprint density at radius 1 is 1.05 bits per heavy atom. The summed E-state index contributed by atoms with van der Waals surface area (Å²) in [6, 6.07) is 18.0. The van der Waals surface area contributed by atoms with Crippen molar-refractivity contribution in [2.75, 3.05) is 5.32 Å². The minimum atomic E-state index is -0.394. The summed E-state index contributed by atoms with van der Waals surface area (Å²) in [5.41, 5.74) is 3.77. The van der Waals surface area contributed by atoms with Gasteiger partial charge in [0, 0.05) is 27.8 Å². The number of fused-ring (bicyclic) bond motifs is 1. The lowest BCUT2D eigenvalue weighted by Crippen LogP contribution is -2.14. The first kappa shape index (κ1) is 24.6. The molecule has 1 aliphatic carbocycles. The number of thiophene rings is 1. The zero-order valence-electron chi connectivity index (χ0n) is 20.5. The number of nitrogens with one attached hydrogen (secondary N) is 1. The number of nitro benzene ring substituents is 1. The van der Waals surface area contributed by atoms with Crippen LogP contribution in [0.1, 0.15) is 57.8 Å². The van der Waals surface area contributed by atoms with E-state index < -0.39 is 4.92 Å². The molecule has 0 fully saturated rings. The second-order valence-electron chi connectivity index (χ2n) is 9.14. The van der Waals surface area contributed by atoms with Gasteiger partial charge in [-0.25, -0.2) is 4.99 Å². The molecule has 2 aromatic heterocycles. The first-order valence-corrected chi connectivity index (χ1v) is 13.2. The Hall–Kier alpha value is -4.04. The molecule has 2 heterocycles. The Kier molecular flexibility index (Phi) is 7.28. The van der Waals surface area contributed by atoms with Gasteiger partial charge in [0.1, 0.15) is 16.5 Å². The Labute approximate surface area is 219 Å². The molecule has 1 amide bonds. The molecule has 1 N–H and O–H groups in total. The largest absolute Gasteiger partial charge is 0.455 e. The highest BCUT2D eigenvalue weighted by molar-refractivity contribution is 7.16. The predicted octanol–water partition coefficient (Wildman–Crippen LogP) is 7.89. The van der Waals surface area contributed by atoms with Crippen LogP contribution in [0.25, 0.3) is 11.3 Å². The van der Waals surface area contributed by atoms with E-state index in [1.807, 2.05) is 30.3 Å². The van der Waals surface area contributed by atoms with E-state index in [0.29, 0.717) is 33.2 Å². The topological polar surface area (TPSA) is 97.7 Å². The molecule has 37 heavy (non-hydrogen) atoms. The number of hydrogen-bond acceptors (Lipinski definition) is 6. The molecule has 0 saturated heterocycles. The Balaban J connectivity index is 1.45. The molecule has 2 aromatic carbocycles. The molecule has 0 spiro atoms. The van der Waals surface area contributed by atoms with Gasteiger partial charge in [-0.15, -0.1) is 11.3 Å². The van der Waals surface area contributed by atoms with Crippen LogP contribution >= 0.6 is 11.3 Å². The maximum Gasteiger partial charge on any atom is 0.273 e. The highest BCUT2D eigenvalue weighted by Gasteiger charge is 2.24. The lowest BCUT2D eigenvalue weighted by molar-refractivity contribution is -0.385. The van der Waals surface area contributed by atoms with Crippen LogP contribution in [0.4, 0.5) is 16.4 Å². The van der Waals surface area contributed by atoms with Gasteiger partial charge in [-0.2, -0.15) is 0 Å². The van der Waals surface area contributed by atoms with Crippen LogP contribution < -0.4 is 5.32 Å². The van der Waals surface area contributed by atoms with Gasteiger partial charge < -0.3 is 9.73 Å². The van der Waals surface area contributed by atoms with Gasteiger partial charge >= 0.3 is 0 Å². The molecular weight excluding hydrogens is 486 g/mol. The van der Waals surface area contributed by atoms with Crippen LogP contribution in [0.5, 0.6) is 0 Å². The van der Waals surface area contributed by atoms with Gasteiger partial charge in [-0.1, -0.05) is 43.2 Å². The van der Waals surface area contributed by atoms with Crippen molar-refractivity contribution in [3.8, 4) is 11.3 Å². The third-order valence-electron chi connectivity index (χ3n) is 6.54. The molecule has 0 aliphatic heterocycles. The summed E-state index contributed by atoms with van der Waals surface area (Å²) >= 11 is 1.58. The molecule has 5 rings (SSSR count). The summed E-state index contributed by atoms with van der Waals surface area (Å²) < 4.78 is 5.94. The first-order valence-electron chi connectivity index (χ1n) is 12.4. The maximum absolute atomic E-state index is 13.4. The third-order valence-corrected chi connectivity index (χ3v) is 7.74. The van der Waals surface area contributed by atoms with Crippen LogP contribution in [-0.4, -0.2) is 17.0 Å². The van der Waals surface area contributed by atoms with Crippen molar-refractivity contribution in [2.45, 2.75) is 45.4 Å². The number of benzene rings is 2. The van der Waals surface area contributed by atoms with Crippen molar-refractivity contribution in [3.05, 3.63) is 98.1 Å². The second kappa shape index (κ2) is 10.9. The normalized spacial score (nSPS) is 13.6. The molecule has 0 bridgehead atoms. The van der Waals surface area contributed by atoms with Crippen molar-refractivity contribution < 1.29 is 14.1 Å². The van der Waals surface area contributed by atoms with Crippen molar-refractivity contribution >= 4 is 39.8 Å². The van der Waals surface area contributed by atoms with Crippen molar-refractivity contribution in [1.82, 2.24) is 0 Å². The number of anilines is 1. The van der Waals surface area contributed by atoms with Crippen molar-refractivity contribution in [2.24, 2.45) is 4.99 Å². The molecule has 8 heteroatoms. The fourth-order valence-electron chi connectivity index (χ4n) is 4.60. The monoisotopic (exact) mass is 513 g/mol. The number of carbonyl (C=O) groups excluding carboxylic acids is 1. The van der Waals surface area contributed by atoms with Gasteiger partial charge in [-0.05, 0) is 62.4 Å². The van der Waals surface area contributed by atoms with Gasteiger partial charge in [0.05, 0.1) is 16.7 Å². The van der Waals surface area contributed by atoms with Gasteiger partial charge in [-0.3, -0.25) is 14.9 Å². The molecule has 0 unspecified atom stereocenters. The number of hydrogen-bond donors (Lipinski definition) is 1. The van der Waals surface area contributed by atoms with E-state index >= 15 is 0 Å². The molecule has 7 nitrogen and oxygen atoms in total. The Bertz CT molecular complexity index is 1470. The van der Waals surface area contributed by atoms with Gasteiger partial charge in [0.15, 0.2) is 0 Å². The number of aliphatic imine (C=N–C) groups is 1. The van der Waals surface area contributed by atoms with Crippen LogP contribution in [-0.2, 0) is 12.8 Å². The average molecular weight is 514 g/mol. The second-order valence-corrected chi connectivity index (χ2v) is 10.2.